The van der Waals surface area contributed by atoms with Crippen molar-refractivity contribution < 1.29 is 14.3 Å². The predicted octanol–water partition coefficient (Wildman–Crippen LogP) is 2.49. The Kier molecular flexibility index (Phi) is 3.34. The van der Waals surface area contributed by atoms with Gasteiger partial charge in [0.15, 0.2) is 5.58 Å². The number of nitrogens with zero attached hydrogens (tertiary/aromatic N) is 1. The number of para-hydroxylation sites is 2. The van der Waals surface area contributed by atoms with E-state index in [9.17, 15) is 9.59 Å². The van der Waals surface area contributed by atoms with Crippen LogP contribution in [0, 0.1) is 11.8 Å². The van der Waals surface area contributed by atoms with E-state index in [1.165, 1.54) is 0 Å². The van der Waals surface area contributed by atoms with Gasteiger partial charge in [-0.15, -0.1) is 0 Å². The van der Waals surface area contributed by atoms with Gasteiger partial charge in [-0.3, -0.25) is 9.36 Å². The molecule has 1 N–H and O–H groups in total. The fourth-order valence-electron chi connectivity index (χ4n) is 3.04. The molecule has 0 radical (unpaired) electrons. The minimum absolute atomic E-state index is 0.218. The van der Waals surface area contributed by atoms with E-state index < -0.39 is 5.97 Å². The van der Waals surface area contributed by atoms with Gasteiger partial charge in [0.25, 0.3) is 0 Å². The Morgan fingerprint density at radius 1 is 1.25 bits per heavy atom. The maximum Gasteiger partial charge on any atom is 0.419 e. The molecule has 0 amide bonds. The molecule has 2 aromatic rings. The molecule has 0 atom stereocenters. The Balaban J connectivity index is 1.76. The van der Waals surface area contributed by atoms with Crippen molar-refractivity contribution in [1.82, 2.24) is 4.57 Å². The normalized spacial score (nSPS) is 23.0. The zero-order chi connectivity index (χ0) is 14.1. The van der Waals surface area contributed by atoms with Crippen LogP contribution < -0.4 is 5.76 Å². The molecule has 1 saturated carbocycles. The lowest BCUT2D eigenvalue weighted by Crippen LogP contribution is -2.26. The fourth-order valence-corrected chi connectivity index (χ4v) is 3.04. The molecule has 0 spiro atoms. The summed E-state index contributed by atoms with van der Waals surface area (Å²) in [6, 6.07) is 7.39. The van der Waals surface area contributed by atoms with Gasteiger partial charge in [0.2, 0.25) is 0 Å². The lowest BCUT2D eigenvalue weighted by atomic mass is 9.82. The number of fused-ring (bicyclic) bond motifs is 1. The molecule has 106 valence electrons. The molecule has 0 unspecified atom stereocenters. The third-order valence-corrected chi connectivity index (χ3v) is 4.21. The molecule has 5 nitrogen and oxygen atoms in total. The van der Waals surface area contributed by atoms with Crippen molar-refractivity contribution in [1.29, 1.82) is 0 Å². The van der Waals surface area contributed by atoms with Crippen molar-refractivity contribution in [3.63, 3.8) is 0 Å². The van der Waals surface area contributed by atoms with Crippen LogP contribution in [-0.2, 0) is 11.3 Å². The highest BCUT2D eigenvalue weighted by molar-refractivity contribution is 5.72. The SMILES string of the molecule is O=C(O)C1CCC(Cn2c(=O)oc3ccccc32)CC1. The smallest absolute Gasteiger partial charge is 0.419 e. The first kappa shape index (κ1) is 13.0. The van der Waals surface area contributed by atoms with Gasteiger partial charge in [-0.05, 0) is 43.7 Å². The fraction of sp³-hybridized carbons (Fsp3) is 0.467. The first-order chi connectivity index (χ1) is 9.65. The largest absolute Gasteiger partial charge is 0.481 e. The van der Waals surface area contributed by atoms with Gasteiger partial charge in [0.1, 0.15) is 0 Å². The summed E-state index contributed by atoms with van der Waals surface area (Å²) in [6.45, 7) is 0.613. The van der Waals surface area contributed by atoms with Crippen molar-refractivity contribution >= 4 is 17.1 Å². The molecule has 0 bridgehead atoms. The number of hydrogen-bond acceptors (Lipinski definition) is 3. The average molecular weight is 275 g/mol. The summed E-state index contributed by atoms with van der Waals surface area (Å²) in [4.78, 5) is 22.8. The molecular formula is C15H17NO4. The number of aromatic nitrogens is 1. The quantitative estimate of drug-likeness (QED) is 0.934. The van der Waals surface area contributed by atoms with Crippen LogP contribution in [0.2, 0.25) is 0 Å². The summed E-state index contributed by atoms with van der Waals surface area (Å²) in [5.41, 5.74) is 1.43. The number of oxazole rings is 1. The molecular weight excluding hydrogens is 258 g/mol. The molecule has 3 rings (SSSR count). The van der Waals surface area contributed by atoms with Crippen LogP contribution in [0.1, 0.15) is 25.7 Å². The van der Waals surface area contributed by atoms with Gasteiger partial charge in [-0.1, -0.05) is 12.1 Å². The van der Waals surface area contributed by atoms with Gasteiger partial charge in [-0.25, -0.2) is 4.79 Å². The Morgan fingerprint density at radius 3 is 2.65 bits per heavy atom. The van der Waals surface area contributed by atoms with E-state index in [2.05, 4.69) is 0 Å². The van der Waals surface area contributed by atoms with Gasteiger partial charge >= 0.3 is 11.7 Å². The topological polar surface area (TPSA) is 72.4 Å². The monoisotopic (exact) mass is 275 g/mol. The summed E-state index contributed by atoms with van der Waals surface area (Å²) < 4.78 is 6.88. The zero-order valence-corrected chi connectivity index (χ0v) is 11.1. The first-order valence-electron chi connectivity index (χ1n) is 6.96. The Hall–Kier alpha value is -2.04. The summed E-state index contributed by atoms with van der Waals surface area (Å²) >= 11 is 0. The molecule has 1 fully saturated rings. The number of carboxylic acid groups (broad SMARTS) is 1. The van der Waals surface area contributed by atoms with E-state index in [0.29, 0.717) is 30.9 Å². The second-order valence-electron chi connectivity index (χ2n) is 5.50. The lowest BCUT2D eigenvalue weighted by Gasteiger charge is -2.25. The van der Waals surface area contributed by atoms with Gasteiger partial charge in [-0.2, -0.15) is 0 Å². The highest BCUT2D eigenvalue weighted by Gasteiger charge is 2.26. The van der Waals surface area contributed by atoms with E-state index in [4.69, 9.17) is 9.52 Å². The highest BCUT2D eigenvalue weighted by Crippen LogP contribution is 2.30. The number of carboxylic acids is 1. The van der Waals surface area contributed by atoms with Crippen molar-refractivity contribution in [2.45, 2.75) is 32.2 Å². The third kappa shape index (κ3) is 2.35. The average Bonchev–Trinajstić information content (AvgIpc) is 2.76. The summed E-state index contributed by atoms with van der Waals surface area (Å²) in [5, 5.41) is 9.00. The van der Waals surface area contributed by atoms with E-state index in [-0.39, 0.29) is 11.7 Å². The Bertz CT molecular complexity index is 676. The van der Waals surface area contributed by atoms with Gasteiger partial charge in [0.05, 0.1) is 11.4 Å². The summed E-state index contributed by atoms with van der Waals surface area (Å²) in [5.74, 6) is -0.894. The van der Waals surface area contributed by atoms with Crippen LogP contribution in [0.4, 0.5) is 0 Å². The summed E-state index contributed by atoms with van der Waals surface area (Å²) in [6.07, 6.45) is 3.10. The number of benzene rings is 1. The molecule has 1 heterocycles. The van der Waals surface area contributed by atoms with E-state index in [0.717, 1.165) is 18.4 Å². The van der Waals surface area contributed by atoms with Crippen molar-refractivity contribution in [2.75, 3.05) is 0 Å². The van der Waals surface area contributed by atoms with Crippen LogP contribution in [0.25, 0.3) is 11.1 Å². The molecule has 5 heteroatoms. The maximum absolute atomic E-state index is 11.9. The second kappa shape index (κ2) is 5.15. The maximum atomic E-state index is 11.9. The van der Waals surface area contributed by atoms with Gasteiger partial charge in [0, 0.05) is 6.54 Å². The predicted molar refractivity (Wildman–Crippen MR) is 73.6 cm³/mol. The van der Waals surface area contributed by atoms with Crippen LogP contribution in [-0.4, -0.2) is 15.6 Å². The van der Waals surface area contributed by atoms with E-state index in [1.54, 1.807) is 10.6 Å². The molecule has 0 saturated heterocycles. The Labute approximate surface area is 115 Å². The van der Waals surface area contributed by atoms with Gasteiger partial charge < -0.3 is 9.52 Å². The second-order valence-corrected chi connectivity index (χ2v) is 5.50. The number of aliphatic carboxylic acids is 1. The van der Waals surface area contributed by atoms with Crippen LogP contribution in [0.5, 0.6) is 0 Å². The Morgan fingerprint density at radius 2 is 1.95 bits per heavy atom. The highest BCUT2D eigenvalue weighted by atomic mass is 16.4. The minimum atomic E-state index is -0.700. The molecule has 1 aromatic carbocycles. The first-order valence-corrected chi connectivity index (χ1v) is 6.96. The number of hydrogen-bond donors (Lipinski definition) is 1. The van der Waals surface area contributed by atoms with Crippen LogP contribution in [0.3, 0.4) is 0 Å². The van der Waals surface area contributed by atoms with Crippen LogP contribution in [0.15, 0.2) is 33.5 Å². The molecule has 1 aromatic heterocycles. The van der Waals surface area contributed by atoms with Crippen molar-refractivity contribution in [3.05, 3.63) is 34.8 Å². The van der Waals surface area contributed by atoms with Crippen molar-refractivity contribution in [2.24, 2.45) is 11.8 Å². The van der Waals surface area contributed by atoms with Crippen LogP contribution >= 0.6 is 0 Å². The van der Waals surface area contributed by atoms with E-state index >= 15 is 0 Å². The molecule has 0 aliphatic heterocycles. The minimum Gasteiger partial charge on any atom is -0.481 e. The third-order valence-electron chi connectivity index (χ3n) is 4.21. The number of carbonyl (C=O) groups is 1. The number of rotatable bonds is 3. The molecule has 20 heavy (non-hydrogen) atoms. The summed E-state index contributed by atoms with van der Waals surface area (Å²) in [7, 11) is 0. The molecule has 1 aliphatic carbocycles. The van der Waals surface area contributed by atoms with E-state index in [1.807, 2.05) is 18.2 Å². The zero-order valence-electron chi connectivity index (χ0n) is 11.1. The molecule has 1 aliphatic rings. The standard InChI is InChI=1S/C15H17NO4/c17-14(18)11-7-5-10(6-8-11)9-16-12-3-1-2-4-13(12)20-15(16)19/h1-4,10-11H,5-9H2,(H,17,18). The van der Waals surface area contributed by atoms with Crippen molar-refractivity contribution in [3.8, 4) is 0 Å². The lowest BCUT2D eigenvalue weighted by molar-refractivity contribution is -0.143.